The Labute approximate surface area is 95.7 Å². The molecular weight excluding hydrogens is 204 g/mol. The molecule has 1 atom stereocenters. The number of benzene rings is 1. The third-order valence-electron chi connectivity index (χ3n) is 2.14. The van der Waals surface area contributed by atoms with Crippen LogP contribution in [0.5, 0.6) is 0 Å². The Balaban J connectivity index is 2.50. The average molecular weight is 220 g/mol. The molecule has 0 radical (unpaired) electrons. The quantitative estimate of drug-likeness (QED) is 0.565. The van der Waals surface area contributed by atoms with Crippen molar-refractivity contribution in [1.82, 2.24) is 0 Å². The highest BCUT2D eigenvalue weighted by Crippen LogP contribution is 2.05. The van der Waals surface area contributed by atoms with Crippen LogP contribution in [0.3, 0.4) is 0 Å². The van der Waals surface area contributed by atoms with Gasteiger partial charge in [-0.1, -0.05) is 37.3 Å². The number of esters is 1. The molecule has 0 fully saturated rings. The van der Waals surface area contributed by atoms with Crippen molar-refractivity contribution in [2.45, 2.75) is 19.4 Å². The summed E-state index contributed by atoms with van der Waals surface area (Å²) in [5.74, 6) is -0.347. The molecule has 1 rings (SSSR count). The van der Waals surface area contributed by atoms with Gasteiger partial charge in [-0.15, -0.1) is 0 Å². The van der Waals surface area contributed by atoms with Gasteiger partial charge in [0.1, 0.15) is 0 Å². The zero-order valence-electron chi connectivity index (χ0n) is 9.55. The number of methoxy groups -OCH3 is 1. The van der Waals surface area contributed by atoms with Gasteiger partial charge in [0.25, 0.3) is 0 Å². The minimum atomic E-state index is -0.523. The van der Waals surface area contributed by atoms with E-state index in [4.69, 9.17) is 4.74 Å². The van der Waals surface area contributed by atoms with Gasteiger partial charge in [0.15, 0.2) is 6.10 Å². The molecule has 1 aromatic rings. The number of hydrogen-bond donors (Lipinski definition) is 0. The van der Waals surface area contributed by atoms with Crippen molar-refractivity contribution < 1.29 is 14.3 Å². The van der Waals surface area contributed by atoms with Crippen molar-refractivity contribution in [3.8, 4) is 0 Å². The molecule has 1 aromatic carbocycles. The topological polar surface area (TPSA) is 35.5 Å². The lowest BCUT2D eigenvalue weighted by Gasteiger charge is -2.11. The van der Waals surface area contributed by atoms with E-state index in [0.29, 0.717) is 6.42 Å². The summed E-state index contributed by atoms with van der Waals surface area (Å²) in [5.41, 5.74) is 1.03. The summed E-state index contributed by atoms with van der Waals surface area (Å²) in [4.78, 5) is 11.2. The fourth-order valence-electron chi connectivity index (χ4n) is 1.23. The molecule has 0 aliphatic rings. The van der Waals surface area contributed by atoms with Crippen LogP contribution >= 0.6 is 0 Å². The van der Waals surface area contributed by atoms with Crippen molar-refractivity contribution in [3.63, 3.8) is 0 Å². The zero-order valence-corrected chi connectivity index (χ0v) is 9.55. The maximum atomic E-state index is 11.2. The van der Waals surface area contributed by atoms with Crippen molar-refractivity contribution in [2.24, 2.45) is 0 Å². The summed E-state index contributed by atoms with van der Waals surface area (Å²) >= 11 is 0. The van der Waals surface area contributed by atoms with E-state index in [2.05, 4.69) is 4.74 Å². The van der Waals surface area contributed by atoms with E-state index in [1.807, 2.05) is 43.3 Å². The first-order valence-corrected chi connectivity index (χ1v) is 5.22. The van der Waals surface area contributed by atoms with E-state index in [0.717, 1.165) is 5.56 Å². The second-order valence-electron chi connectivity index (χ2n) is 3.27. The third-order valence-corrected chi connectivity index (χ3v) is 2.14. The van der Waals surface area contributed by atoms with Gasteiger partial charge in [0.05, 0.1) is 13.4 Å². The fraction of sp³-hybridized carbons (Fsp3) is 0.308. The van der Waals surface area contributed by atoms with Gasteiger partial charge >= 0.3 is 5.97 Å². The van der Waals surface area contributed by atoms with E-state index in [9.17, 15) is 4.79 Å². The monoisotopic (exact) mass is 220 g/mol. The Morgan fingerprint density at radius 1 is 1.38 bits per heavy atom. The smallest absolute Gasteiger partial charge is 0.347 e. The SMILES string of the molecule is CCC(OC=Cc1ccccc1)C(=O)OC. The third kappa shape index (κ3) is 3.77. The Kier molecular flexibility index (Phi) is 5.12. The van der Waals surface area contributed by atoms with Crippen molar-refractivity contribution in [3.05, 3.63) is 42.2 Å². The zero-order chi connectivity index (χ0) is 11.8. The van der Waals surface area contributed by atoms with Crippen molar-refractivity contribution in [1.29, 1.82) is 0 Å². The van der Waals surface area contributed by atoms with Crippen LogP contribution < -0.4 is 0 Å². The molecule has 0 spiro atoms. The second kappa shape index (κ2) is 6.67. The molecule has 3 heteroatoms. The number of carbonyl (C=O) groups excluding carboxylic acids is 1. The molecule has 86 valence electrons. The average Bonchev–Trinajstić information content (AvgIpc) is 2.35. The van der Waals surface area contributed by atoms with Crippen LogP contribution in [0.4, 0.5) is 0 Å². The summed E-state index contributed by atoms with van der Waals surface area (Å²) < 4.78 is 9.90. The Hall–Kier alpha value is -1.77. The normalized spacial score (nSPS) is 12.4. The molecule has 0 aromatic heterocycles. The summed E-state index contributed by atoms with van der Waals surface area (Å²) in [5, 5.41) is 0. The molecule has 0 bridgehead atoms. The maximum Gasteiger partial charge on any atom is 0.347 e. The van der Waals surface area contributed by atoms with Crippen LogP contribution in [0, 0.1) is 0 Å². The lowest BCUT2D eigenvalue weighted by molar-refractivity contribution is -0.150. The molecule has 0 aliphatic carbocycles. The first kappa shape index (κ1) is 12.3. The molecular formula is C13H16O3. The van der Waals surface area contributed by atoms with E-state index in [1.54, 1.807) is 0 Å². The first-order valence-electron chi connectivity index (χ1n) is 5.22. The highest BCUT2D eigenvalue weighted by atomic mass is 16.6. The predicted molar refractivity (Wildman–Crippen MR) is 62.7 cm³/mol. The van der Waals surface area contributed by atoms with Crippen molar-refractivity contribution in [2.75, 3.05) is 7.11 Å². The minimum absolute atomic E-state index is 0.347. The van der Waals surface area contributed by atoms with Crippen LogP contribution in [-0.2, 0) is 14.3 Å². The van der Waals surface area contributed by atoms with Crippen LogP contribution in [-0.4, -0.2) is 19.2 Å². The Morgan fingerprint density at radius 2 is 2.06 bits per heavy atom. The molecule has 0 N–H and O–H groups in total. The second-order valence-corrected chi connectivity index (χ2v) is 3.27. The predicted octanol–water partition coefficient (Wildman–Crippen LogP) is 2.63. The van der Waals surface area contributed by atoms with Gasteiger partial charge in [-0.2, -0.15) is 0 Å². The highest BCUT2D eigenvalue weighted by molar-refractivity contribution is 5.74. The van der Waals surface area contributed by atoms with Gasteiger partial charge in [-0.25, -0.2) is 4.79 Å². The maximum absolute atomic E-state index is 11.2. The molecule has 0 heterocycles. The van der Waals surface area contributed by atoms with E-state index < -0.39 is 6.10 Å². The first-order chi connectivity index (χ1) is 7.77. The Bertz CT molecular complexity index is 343. The summed E-state index contributed by atoms with van der Waals surface area (Å²) in [6, 6.07) is 9.74. The molecule has 3 nitrogen and oxygen atoms in total. The summed E-state index contributed by atoms with van der Waals surface area (Å²) in [6.07, 6.45) is 3.41. The number of hydrogen-bond acceptors (Lipinski definition) is 3. The lowest BCUT2D eigenvalue weighted by atomic mass is 10.2. The molecule has 1 unspecified atom stereocenters. The highest BCUT2D eigenvalue weighted by Gasteiger charge is 2.16. The van der Waals surface area contributed by atoms with Crippen molar-refractivity contribution >= 4 is 12.0 Å². The van der Waals surface area contributed by atoms with Gasteiger partial charge in [0.2, 0.25) is 0 Å². The lowest BCUT2D eigenvalue weighted by Crippen LogP contribution is -2.22. The minimum Gasteiger partial charge on any atom is -0.486 e. The summed E-state index contributed by atoms with van der Waals surface area (Å²) in [7, 11) is 1.36. The molecule has 0 saturated carbocycles. The van der Waals surface area contributed by atoms with E-state index in [-0.39, 0.29) is 5.97 Å². The number of carbonyl (C=O) groups is 1. The standard InChI is InChI=1S/C13H16O3/c1-3-12(13(14)15-2)16-10-9-11-7-5-4-6-8-11/h4-10,12H,3H2,1-2H3. The van der Waals surface area contributed by atoms with Crippen LogP contribution in [0.15, 0.2) is 36.6 Å². The Morgan fingerprint density at radius 3 is 2.62 bits per heavy atom. The van der Waals surface area contributed by atoms with Crippen LogP contribution in [0.1, 0.15) is 18.9 Å². The molecule has 0 saturated heterocycles. The summed E-state index contributed by atoms with van der Waals surface area (Å²) in [6.45, 7) is 1.87. The number of rotatable bonds is 5. The van der Waals surface area contributed by atoms with Crippen LogP contribution in [0.2, 0.25) is 0 Å². The van der Waals surface area contributed by atoms with Gasteiger partial charge in [-0.05, 0) is 18.1 Å². The van der Waals surface area contributed by atoms with Gasteiger partial charge in [-0.3, -0.25) is 0 Å². The van der Waals surface area contributed by atoms with E-state index >= 15 is 0 Å². The molecule has 0 amide bonds. The van der Waals surface area contributed by atoms with Crippen LogP contribution in [0.25, 0.3) is 6.08 Å². The fourth-order valence-corrected chi connectivity index (χ4v) is 1.23. The molecule has 0 aliphatic heterocycles. The number of ether oxygens (including phenoxy) is 2. The van der Waals surface area contributed by atoms with Gasteiger partial charge in [0, 0.05) is 0 Å². The largest absolute Gasteiger partial charge is 0.486 e. The molecule has 16 heavy (non-hydrogen) atoms. The van der Waals surface area contributed by atoms with E-state index in [1.165, 1.54) is 13.4 Å². The van der Waals surface area contributed by atoms with Gasteiger partial charge < -0.3 is 9.47 Å².